The van der Waals surface area contributed by atoms with Gasteiger partial charge in [0.25, 0.3) is 0 Å². The molecule has 108 valence electrons. The third-order valence-corrected chi connectivity index (χ3v) is 6.17. The summed E-state index contributed by atoms with van der Waals surface area (Å²) in [4.78, 5) is 0.830. The summed E-state index contributed by atoms with van der Waals surface area (Å²) in [5.74, 6) is 0. The zero-order valence-corrected chi connectivity index (χ0v) is 13.6. The Morgan fingerprint density at radius 3 is 2.60 bits per heavy atom. The molecule has 0 bridgehead atoms. The second kappa shape index (κ2) is 5.91. The monoisotopic (exact) mass is 350 g/mol. The minimum absolute atomic E-state index is 0.0555. The maximum Gasteiger partial charge on any atom is 0.242 e. The third-order valence-electron chi connectivity index (χ3n) is 2.68. The minimum atomic E-state index is -3.77. The number of anilines is 1. The second-order valence-corrected chi connectivity index (χ2v) is 7.58. The van der Waals surface area contributed by atoms with Crippen molar-refractivity contribution in [3.63, 3.8) is 0 Å². The lowest BCUT2D eigenvalue weighted by molar-refractivity contribution is 0.568. The first-order valence-electron chi connectivity index (χ1n) is 5.62. The number of halogens is 2. The largest absolute Gasteiger partial charge is 0.396 e. The molecule has 0 spiro atoms. The quantitative estimate of drug-likeness (QED) is 0.826. The molecular weight excluding hydrogens is 339 g/mol. The third kappa shape index (κ3) is 3.10. The van der Waals surface area contributed by atoms with E-state index >= 15 is 0 Å². The molecule has 8 heteroatoms. The van der Waals surface area contributed by atoms with Crippen molar-refractivity contribution >= 4 is 50.2 Å². The van der Waals surface area contributed by atoms with Crippen LogP contribution in [0.1, 0.15) is 17.8 Å². The predicted molar refractivity (Wildman–Crippen MR) is 83.9 cm³/mol. The van der Waals surface area contributed by atoms with Crippen LogP contribution in [-0.2, 0) is 10.0 Å². The highest BCUT2D eigenvalue weighted by atomic mass is 35.5. The standard InChI is InChI=1S/C12H12Cl2N2O2S2/c1-7(9-3-2-6-19-9)16-20(17,18)10-5-4-8(13)12(15)11(10)14/h2-7,16H,15H2,1H3. The number of nitrogens with two attached hydrogens (primary N) is 1. The highest BCUT2D eigenvalue weighted by molar-refractivity contribution is 7.89. The zero-order valence-electron chi connectivity index (χ0n) is 10.4. The van der Waals surface area contributed by atoms with Gasteiger partial charge in [0.15, 0.2) is 0 Å². The molecule has 1 aromatic carbocycles. The van der Waals surface area contributed by atoms with E-state index in [4.69, 9.17) is 28.9 Å². The number of sulfonamides is 1. The topological polar surface area (TPSA) is 72.2 Å². The Morgan fingerprint density at radius 1 is 1.30 bits per heavy atom. The van der Waals surface area contributed by atoms with Gasteiger partial charge in [-0.1, -0.05) is 29.3 Å². The first kappa shape index (κ1) is 15.6. The predicted octanol–water partition coefficient (Wildman–Crippen LogP) is 3.68. The number of thiophene rings is 1. The van der Waals surface area contributed by atoms with Crippen molar-refractivity contribution < 1.29 is 8.42 Å². The molecule has 1 atom stereocenters. The Balaban J connectivity index is 2.34. The first-order chi connectivity index (χ1) is 9.33. The summed E-state index contributed by atoms with van der Waals surface area (Å²) < 4.78 is 27.2. The molecule has 2 aromatic rings. The van der Waals surface area contributed by atoms with Crippen LogP contribution < -0.4 is 10.5 Å². The summed E-state index contributed by atoms with van der Waals surface area (Å²) in [5, 5.41) is 2.04. The van der Waals surface area contributed by atoms with Gasteiger partial charge in [0.05, 0.1) is 21.8 Å². The normalized spacial score (nSPS) is 13.3. The lowest BCUT2D eigenvalue weighted by Gasteiger charge is -2.14. The molecule has 0 saturated carbocycles. The van der Waals surface area contributed by atoms with E-state index in [2.05, 4.69) is 4.72 Å². The van der Waals surface area contributed by atoms with Crippen LogP contribution in [0.5, 0.6) is 0 Å². The van der Waals surface area contributed by atoms with Gasteiger partial charge in [0.1, 0.15) is 4.90 Å². The molecule has 1 aromatic heterocycles. The lowest BCUT2D eigenvalue weighted by Crippen LogP contribution is -2.26. The zero-order chi connectivity index (χ0) is 14.9. The van der Waals surface area contributed by atoms with Crippen LogP contribution in [0, 0.1) is 0 Å². The average Bonchev–Trinajstić information content (AvgIpc) is 2.89. The number of benzene rings is 1. The van der Waals surface area contributed by atoms with Crippen LogP contribution in [-0.4, -0.2) is 8.42 Å². The fourth-order valence-electron chi connectivity index (χ4n) is 1.65. The maximum atomic E-state index is 12.3. The molecule has 0 fully saturated rings. The average molecular weight is 351 g/mol. The van der Waals surface area contributed by atoms with E-state index in [9.17, 15) is 8.42 Å². The van der Waals surface area contributed by atoms with E-state index in [0.717, 1.165) is 4.88 Å². The first-order valence-corrected chi connectivity index (χ1v) is 8.74. The Labute approximate surface area is 131 Å². The molecule has 0 aliphatic heterocycles. The second-order valence-electron chi connectivity index (χ2n) is 4.13. The summed E-state index contributed by atoms with van der Waals surface area (Å²) in [6.07, 6.45) is 0. The molecule has 3 N–H and O–H groups in total. The van der Waals surface area contributed by atoms with Gasteiger partial charge in [-0.3, -0.25) is 0 Å². The number of nitrogen functional groups attached to an aromatic ring is 1. The summed E-state index contributed by atoms with van der Waals surface area (Å²) >= 11 is 13.2. The maximum absolute atomic E-state index is 12.3. The van der Waals surface area contributed by atoms with E-state index in [-0.39, 0.29) is 26.7 Å². The SMILES string of the molecule is CC(NS(=O)(=O)c1ccc(Cl)c(N)c1Cl)c1cccs1. The van der Waals surface area contributed by atoms with E-state index < -0.39 is 10.0 Å². The van der Waals surface area contributed by atoms with E-state index in [1.54, 1.807) is 6.92 Å². The Morgan fingerprint density at radius 2 is 2.00 bits per heavy atom. The highest BCUT2D eigenvalue weighted by Gasteiger charge is 2.23. The molecule has 20 heavy (non-hydrogen) atoms. The van der Waals surface area contributed by atoms with Crippen LogP contribution in [0.2, 0.25) is 10.0 Å². The highest BCUT2D eigenvalue weighted by Crippen LogP contribution is 2.33. The molecular formula is C12H12Cl2N2O2S2. The van der Waals surface area contributed by atoms with Gasteiger partial charge in [0.2, 0.25) is 10.0 Å². The van der Waals surface area contributed by atoms with Gasteiger partial charge >= 0.3 is 0 Å². The summed E-state index contributed by atoms with van der Waals surface area (Å²) in [6, 6.07) is 6.11. The summed E-state index contributed by atoms with van der Waals surface area (Å²) in [5.41, 5.74) is 5.71. The fourth-order valence-corrected chi connectivity index (χ4v) is 4.45. The molecule has 2 rings (SSSR count). The van der Waals surface area contributed by atoms with Crippen molar-refractivity contribution in [2.75, 3.05) is 5.73 Å². The summed E-state index contributed by atoms with van der Waals surface area (Å²) in [7, 11) is -3.77. The van der Waals surface area contributed by atoms with Gasteiger partial charge in [-0.05, 0) is 30.5 Å². The lowest BCUT2D eigenvalue weighted by atomic mass is 10.3. The molecule has 1 unspecified atom stereocenters. The fraction of sp³-hybridized carbons (Fsp3) is 0.167. The molecule has 4 nitrogen and oxygen atoms in total. The Bertz CT molecular complexity index is 715. The molecule has 0 amide bonds. The van der Waals surface area contributed by atoms with Crippen LogP contribution in [0.15, 0.2) is 34.5 Å². The van der Waals surface area contributed by atoms with Gasteiger partial charge in [-0.2, -0.15) is 0 Å². The van der Waals surface area contributed by atoms with Crippen LogP contribution in [0.3, 0.4) is 0 Å². The van der Waals surface area contributed by atoms with E-state index in [1.807, 2.05) is 17.5 Å². The molecule has 0 aliphatic carbocycles. The van der Waals surface area contributed by atoms with Crippen LogP contribution >= 0.6 is 34.5 Å². The van der Waals surface area contributed by atoms with Crippen molar-refractivity contribution in [2.45, 2.75) is 17.9 Å². The molecule has 0 aliphatic rings. The van der Waals surface area contributed by atoms with Crippen molar-refractivity contribution in [3.8, 4) is 0 Å². The van der Waals surface area contributed by atoms with Crippen molar-refractivity contribution in [3.05, 3.63) is 44.6 Å². The molecule has 0 saturated heterocycles. The van der Waals surface area contributed by atoms with Crippen molar-refractivity contribution in [1.29, 1.82) is 0 Å². The Hall–Kier alpha value is -0.790. The number of hydrogen-bond acceptors (Lipinski definition) is 4. The smallest absolute Gasteiger partial charge is 0.242 e. The van der Waals surface area contributed by atoms with Crippen molar-refractivity contribution in [2.24, 2.45) is 0 Å². The molecule has 0 radical (unpaired) electrons. The van der Waals surface area contributed by atoms with E-state index in [1.165, 1.54) is 23.5 Å². The van der Waals surface area contributed by atoms with Crippen LogP contribution in [0.4, 0.5) is 5.69 Å². The number of rotatable bonds is 4. The van der Waals surface area contributed by atoms with E-state index in [0.29, 0.717) is 0 Å². The number of nitrogens with one attached hydrogen (secondary N) is 1. The van der Waals surface area contributed by atoms with Crippen molar-refractivity contribution in [1.82, 2.24) is 4.72 Å². The van der Waals surface area contributed by atoms with Gasteiger partial charge in [-0.25, -0.2) is 13.1 Å². The summed E-state index contributed by atoms with van der Waals surface area (Å²) in [6.45, 7) is 1.76. The van der Waals surface area contributed by atoms with Gasteiger partial charge < -0.3 is 5.73 Å². The molecule has 1 heterocycles. The van der Waals surface area contributed by atoms with Gasteiger partial charge in [0, 0.05) is 4.88 Å². The number of hydrogen-bond donors (Lipinski definition) is 2. The minimum Gasteiger partial charge on any atom is -0.396 e. The van der Waals surface area contributed by atoms with Crippen LogP contribution in [0.25, 0.3) is 0 Å². The van der Waals surface area contributed by atoms with Gasteiger partial charge in [-0.15, -0.1) is 11.3 Å². The Kier molecular flexibility index (Phi) is 4.61.